The van der Waals surface area contributed by atoms with E-state index in [1.807, 2.05) is 23.2 Å². The molecule has 0 aliphatic heterocycles. The van der Waals surface area contributed by atoms with Crippen molar-refractivity contribution in [3.05, 3.63) is 41.9 Å². The Hall–Kier alpha value is -2.88. The standard InChI is InChI=1S/C22H21F3N4O2S/c1-32-18-9-17-13(10-29(28-17)14-4-2-12(11-30)3-5-14)8-16(18)15-6-7-19(22(23,24)25)27-20(15)21(26)31/h6-12,14H,2-5H2,1H3,(H2,26,31). The van der Waals surface area contributed by atoms with Crippen molar-refractivity contribution in [2.24, 2.45) is 11.7 Å². The van der Waals surface area contributed by atoms with Gasteiger partial charge in [-0.25, -0.2) is 4.98 Å². The van der Waals surface area contributed by atoms with E-state index >= 15 is 0 Å². The lowest BCUT2D eigenvalue weighted by Gasteiger charge is -2.25. The average Bonchev–Trinajstić information content (AvgIpc) is 3.20. The molecule has 1 saturated carbocycles. The van der Waals surface area contributed by atoms with Crippen LogP contribution in [0, 0.1) is 5.92 Å². The number of benzene rings is 1. The Morgan fingerprint density at radius 3 is 2.50 bits per heavy atom. The average molecular weight is 462 g/mol. The SMILES string of the molecule is CSc1cc2nn(C3CCC(C=O)CC3)cc2cc1-c1ccc(C(F)(F)F)nc1C(N)=O. The lowest BCUT2D eigenvalue weighted by molar-refractivity contribution is -0.141. The highest BCUT2D eigenvalue weighted by Gasteiger charge is 2.34. The summed E-state index contributed by atoms with van der Waals surface area (Å²) in [6.07, 6.45) is 3.43. The highest BCUT2D eigenvalue weighted by Crippen LogP contribution is 2.38. The number of thioether (sulfide) groups is 1. The van der Waals surface area contributed by atoms with Gasteiger partial charge in [0.2, 0.25) is 0 Å². The van der Waals surface area contributed by atoms with Gasteiger partial charge in [0.25, 0.3) is 5.91 Å². The summed E-state index contributed by atoms with van der Waals surface area (Å²) in [6, 6.07) is 5.94. The first-order chi connectivity index (χ1) is 15.2. The molecule has 168 valence electrons. The smallest absolute Gasteiger partial charge is 0.364 e. The van der Waals surface area contributed by atoms with Gasteiger partial charge in [-0.05, 0) is 61.8 Å². The van der Waals surface area contributed by atoms with E-state index in [2.05, 4.69) is 4.98 Å². The van der Waals surface area contributed by atoms with Crippen LogP contribution < -0.4 is 5.73 Å². The van der Waals surface area contributed by atoms with E-state index < -0.39 is 23.5 Å². The zero-order valence-electron chi connectivity index (χ0n) is 17.2. The van der Waals surface area contributed by atoms with Crippen molar-refractivity contribution >= 4 is 34.9 Å². The van der Waals surface area contributed by atoms with Crippen LogP contribution in [0.5, 0.6) is 0 Å². The lowest BCUT2D eigenvalue weighted by Crippen LogP contribution is -2.19. The quantitative estimate of drug-likeness (QED) is 0.432. The van der Waals surface area contributed by atoms with Gasteiger partial charge in [-0.2, -0.15) is 18.3 Å². The fourth-order valence-electron chi connectivity index (χ4n) is 4.16. The number of halogens is 3. The van der Waals surface area contributed by atoms with Gasteiger partial charge in [0.05, 0.1) is 11.6 Å². The summed E-state index contributed by atoms with van der Waals surface area (Å²) in [7, 11) is 0. The number of nitrogens with two attached hydrogens (primary N) is 1. The van der Waals surface area contributed by atoms with Crippen LogP contribution in [0.25, 0.3) is 22.0 Å². The summed E-state index contributed by atoms with van der Waals surface area (Å²) < 4.78 is 41.2. The van der Waals surface area contributed by atoms with E-state index in [1.165, 1.54) is 17.8 Å². The largest absolute Gasteiger partial charge is 0.433 e. The predicted octanol–water partition coefficient (Wildman–Crippen LogP) is 4.87. The minimum Gasteiger partial charge on any atom is -0.364 e. The molecular weight excluding hydrogens is 441 g/mol. The third-order valence-corrected chi connectivity index (χ3v) is 6.64. The molecule has 0 unspecified atom stereocenters. The number of aldehydes is 1. The molecule has 3 aromatic rings. The van der Waals surface area contributed by atoms with Crippen LogP contribution in [0.4, 0.5) is 13.2 Å². The maximum Gasteiger partial charge on any atom is 0.433 e. The Labute approximate surface area is 186 Å². The molecule has 2 heterocycles. The number of primary amides is 1. The minimum absolute atomic E-state index is 0.102. The Bertz CT molecular complexity index is 1180. The number of aromatic nitrogens is 3. The zero-order chi connectivity index (χ0) is 23.0. The second-order valence-electron chi connectivity index (χ2n) is 7.88. The highest BCUT2D eigenvalue weighted by atomic mass is 32.2. The lowest BCUT2D eigenvalue weighted by atomic mass is 9.87. The highest BCUT2D eigenvalue weighted by molar-refractivity contribution is 7.98. The number of carbonyl (C=O) groups excluding carboxylic acids is 2. The van der Waals surface area contributed by atoms with E-state index in [1.54, 1.807) is 6.07 Å². The molecule has 1 aliphatic carbocycles. The van der Waals surface area contributed by atoms with Crippen LogP contribution in [0.15, 0.2) is 35.4 Å². The molecule has 0 atom stereocenters. The number of carbonyl (C=O) groups is 2. The van der Waals surface area contributed by atoms with Crippen LogP contribution in [-0.2, 0) is 11.0 Å². The van der Waals surface area contributed by atoms with Crippen molar-refractivity contribution in [1.29, 1.82) is 0 Å². The van der Waals surface area contributed by atoms with E-state index in [4.69, 9.17) is 10.8 Å². The summed E-state index contributed by atoms with van der Waals surface area (Å²) in [5.74, 6) is -0.925. The first-order valence-electron chi connectivity index (χ1n) is 10.1. The number of pyridine rings is 1. The molecule has 0 bridgehead atoms. The third kappa shape index (κ3) is 4.23. The fourth-order valence-corrected chi connectivity index (χ4v) is 4.78. The molecule has 1 amide bonds. The van der Waals surface area contributed by atoms with E-state index in [0.717, 1.165) is 53.8 Å². The molecule has 0 radical (unpaired) electrons. The topological polar surface area (TPSA) is 90.9 Å². The molecule has 2 N–H and O–H groups in total. The molecule has 1 aliphatic rings. The van der Waals surface area contributed by atoms with Crippen molar-refractivity contribution in [2.45, 2.75) is 42.8 Å². The maximum atomic E-state index is 13.1. The van der Waals surface area contributed by atoms with Crippen molar-refractivity contribution in [2.75, 3.05) is 6.26 Å². The molecule has 6 nitrogen and oxygen atoms in total. The van der Waals surface area contributed by atoms with Gasteiger partial charge in [0, 0.05) is 28.0 Å². The second-order valence-corrected chi connectivity index (χ2v) is 8.73. The maximum absolute atomic E-state index is 13.1. The molecule has 10 heteroatoms. The van der Waals surface area contributed by atoms with Gasteiger partial charge in [0.1, 0.15) is 17.7 Å². The summed E-state index contributed by atoms with van der Waals surface area (Å²) in [5.41, 5.74) is 5.35. The number of hydrogen-bond donors (Lipinski definition) is 1. The van der Waals surface area contributed by atoms with Crippen molar-refractivity contribution in [1.82, 2.24) is 14.8 Å². The molecule has 32 heavy (non-hydrogen) atoms. The summed E-state index contributed by atoms with van der Waals surface area (Å²) >= 11 is 1.39. The van der Waals surface area contributed by atoms with Gasteiger partial charge in [-0.1, -0.05) is 0 Å². The van der Waals surface area contributed by atoms with E-state index in [0.29, 0.717) is 5.56 Å². The summed E-state index contributed by atoms with van der Waals surface area (Å²) in [5, 5.41) is 5.49. The molecular formula is C22H21F3N4O2S. The van der Waals surface area contributed by atoms with Crippen LogP contribution in [0.1, 0.15) is 47.9 Å². The number of nitrogens with zero attached hydrogens (tertiary/aromatic N) is 3. The molecule has 1 fully saturated rings. The van der Waals surface area contributed by atoms with Crippen molar-refractivity contribution < 1.29 is 22.8 Å². The van der Waals surface area contributed by atoms with E-state index in [-0.39, 0.29) is 17.5 Å². The van der Waals surface area contributed by atoms with Gasteiger partial charge in [-0.3, -0.25) is 9.48 Å². The number of alkyl halides is 3. The molecule has 1 aromatic carbocycles. The zero-order valence-corrected chi connectivity index (χ0v) is 18.0. The Morgan fingerprint density at radius 2 is 1.91 bits per heavy atom. The van der Waals surface area contributed by atoms with Gasteiger partial charge in [0.15, 0.2) is 0 Å². The van der Waals surface area contributed by atoms with Crippen LogP contribution in [0.2, 0.25) is 0 Å². The Balaban J connectivity index is 1.78. The summed E-state index contributed by atoms with van der Waals surface area (Å²) in [6.45, 7) is 0. The normalized spacial score (nSPS) is 19.2. The monoisotopic (exact) mass is 462 g/mol. The Kier molecular flexibility index (Phi) is 5.98. The summed E-state index contributed by atoms with van der Waals surface area (Å²) in [4.78, 5) is 27.2. The second kappa shape index (κ2) is 8.57. The van der Waals surface area contributed by atoms with Gasteiger partial charge in [-0.15, -0.1) is 11.8 Å². The molecule has 4 rings (SSSR count). The van der Waals surface area contributed by atoms with Gasteiger partial charge < -0.3 is 10.5 Å². The van der Waals surface area contributed by atoms with Crippen LogP contribution in [0.3, 0.4) is 0 Å². The molecule has 0 spiro atoms. The molecule has 2 aromatic heterocycles. The van der Waals surface area contributed by atoms with Crippen molar-refractivity contribution in [3.63, 3.8) is 0 Å². The molecule has 0 saturated heterocycles. The van der Waals surface area contributed by atoms with Crippen LogP contribution in [-0.4, -0.2) is 33.2 Å². The number of rotatable bonds is 5. The Morgan fingerprint density at radius 1 is 1.19 bits per heavy atom. The van der Waals surface area contributed by atoms with E-state index in [9.17, 15) is 22.8 Å². The first kappa shape index (κ1) is 22.3. The van der Waals surface area contributed by atoms with Crippen LogP contribution >= 0.6 is 11.8 Å². The number of amides is 1. The van der Waals surface area contributed by atoms with Crippen molar-refractivity contribution in [3.8, 4) is 11.1 Å². The minimum atomic E-state index is -4.68. The predicted molar refractivity (Wildman–Crippen MR) is 115 cm³/mol. The number of fused-ring (bicyclic) bond motifs is 1. The third-order valence-electron chi connectivity index (χ3n) is 5.86. The fraction of sp³-hybridized carbons (Fsp3) is 0.364. The number of hydrogen-bond acceptors (Lipinski definition) is 5. The van der Waals surface area contributed by atoms with Gasteiger partial charge >= 0.3 is 6.18 Å². The first-order valence-corrected chi connectivity index (χ1v) is 11.3.